The molecule has 0 aliphatic carbocycles. The molecule has 18 heavy (non-hydrogen) atoms. The average molecular weight is 251 g/mol. The average Bonchev–Trinajstić information content (AvgIpc) is 2.88. The molecule has 2 aromatic rings. The molecule has 2 aromatic heterocycles. The smallest absolute Gasteiger partial charge is 0.325 e. The largest absolute Gasteiger partial charge is 0.480 e. The van der Waals surface area contributed by atoms with Crippen molar-refractivity contribution >= 4 is 17.8 Å². The number of carbonyl (C=O) groups excluding carboxylic acids is 1. The fourth-order valence-corrected chi connectivity index (χ4v) is 1.19. The number of nitrogens with one attached hydrogen (secondary N) is 1. The maximum atomic E-state index is 11.7. The van der Waals surface area contributed by atoms with Gasteiger partial charge < -0.3 is 5.11 Å². The number of aliphatic carboxylic acids is 1. The summed E-state index contributed by atoms with van der Waals surface area (Å²) < 4.78 is 2.42. The highest BCUT2D eigenvalue weighted by atomic mass is 16.4. The molecule has 0 saturated heterocycles. The van der Waals surface area contributed by atoms with Crippen LogP contribution >= 0.6 is 0 Å². The van der Waals surface area contributed by atoms with Crippen molar-refractivity contribution in [3.8, 4) is 0 Å². The highest BCUT2D eigenvalue weighted by molar-refractivity contribution is 6.01. The topological polar surface area (TPSA) is 128 Å². The molecule has 94 valence electrons. The Morgan fingerprint density at radius 3 is 2.89 bits per heavy atom. The van der Waals surface area contributed by atoms with Crippen LogP contribution in [0.15, 0.2) is 12.5 Å². The third kappa shape index (κ3) is 2.48. The lowest BCUT2D eigenvalue weighted by molar-refractivity contribution is -0.137. The van der Waals surface area contributed by atoms with E-state index in [1.165, 1.54) is 17.2 Å². The summed E-state index contributed by atoms with van der Waals surface area (Å²) in [5.41, 5.74) is -0.000694. The van der Waals surface area contributed by atoms with Crippen LogP contribution in [-0.4, -0.2) is 46.7 Å². The van der Waals surface area contributed by atoms with Gasteiger partial charge in [0.05, 0.1) is 6.20 Å². The number of anilines is 1. The normalized spacial score (nSPS) is 10.3. The van der Waals surface area contributed by atoms with E-state index in [9.17, 15) is 9.59 Å². The SMILES string of the molecule is Cn1ncnc1NC(=O)c1cn(CC(=O)O)nn1. The molecule has 0 aliphatic heterocycles. The highest BCUT2D eigenvalue weighted by Crippen LogP contribution is 2.01. The number of hydrogen-bond acceptors (Lipinski definition) is 6. The van der Waals surface area contributed by atoms with E-state index in [2.05, 4.69) is 25.7 Å². The van der Waals surface area contributed by atoms with Gasteiger partial charge in [0.25, 0.3) is 5.91 Å². The number of carboxylic acid groups (broad SMARTS) is 1. The van der Waals surface area contributed by atoms with Crippen molar-refractivity contribution < 1.29 is 14.7 Å². The van der Waals surface area contributed by atoms with Gasteiger partial charge in [-0.3, -0.25) is 14.9 Å². The summed E-state index contributed by atoms with van der Waals surface area (Å²) >= 11 is 0. The van der Waals surface area contributed by atoms with Crippen molar-refractivity contribution in [1.29, 1.82) is 0 Å². The number of hydrogen-bond donors (Lipinski definition) is 2. The summed E-state index contributed by atoms with van der Waals surface area (Å²) in [5.74, 6) is -1.35. The van der Waals surface area contributed by atoms with Gasteiger partial charge in [0.15, 0.2) is 5.69 Å². The van der Waals surface area contributed by atoms with Gasteiger partial charge in [-0.05, 0) is 0 Å². The van der Waals surface area contributed by atoms with Gasteiger partial charge in [-0.15, -0.1) is 5.10 Å². The first-order valence-electron chi connectivity index (χ1n) is 4.83. The molecule has 0 fully saturated rings. The molecular formula is C8H9N7O3. The van der Waals surface area contributed by atoms with Crippen molar-refractivity contribution in [2.24, 2.45) is 7.05 Å². The molecule has 0 unspecified atom stereocenters. The van der Waals surface area contributed by atoms with Gasteiger partial charge >= 0.3 is 5.97 Å². The van der Waals surface area contributed by atoms with E-state index in [0.29, 0.717) is 0 Å². The standard InChI is InChI=1S/C8H9N7O3/c1-14-8(9-4-10-14)11-7(18)5-2-15(13-12-5)3-6(16)17/h2,4H,3H2,1H3,(H,16,17)(H,9,10,11,18). The van der Waals surface area contributed by atoms with Gasteiger partial charge in [0.1, 0.15) is 12.9 Å². The minimum absolute atomic E-state index is 0.000694. The fourth-order valence-electron chi connectivity index (χ4n) is 1.19. The van der Waals surface area contributed by atoms with Crippen molar-refractivity contribution in [1.82, 2.24) is 29.8 Å². The number of carbonyl (C=O) groups is 2. The first-order chi connectivity index (χ1) is 8.56. The van der Waals surface area contributed by atoms with Gasteiger partial charge in [-0.25, -0.2) is 9.36 Å². The van der Waals surface area contributed by atoms with Gasteiger partial charge in [-0.2, -0.15) is 10.1 Å². The van der Waals surface area contributed by atoms with Crippen LogP contribution in [0, 0.1) is 0 Å². The molecule has 10 nitrogen and oxygen atoms in total. The molecule has 1 amide bonds. The molecule has 2 N–H and O–H groups in total. The van der Waals surface area contributed by atoms with Crippen LogP contribution in [0.5, 0.6) is 0 Å². The van der Waals surface area contributed by atoms with E-state index in [1.807, 2.05) is 0 Å². The predicted molar refractivity (Wildman–Crippen MR) is 56.6 cm³/mol. The van der Waals surface area contributed by atoms with Gasteiger partial charge in [0.2, 0.25) is 5.95 Å². The van der Waals surface area contributed by atoms with E-state index < -0.39 is 11.9 Å². The van der Waals surface area contributed by atoms with E-state index in [4.69, 9.17) is 5.11 Å². The van der Waals surface area contributed by atoms with Crippen molar-refractivity contribution in [3.05, 3.63) is 18.2 Å². The van der Waals surface area contributed by atoms with E-state index in [1.54, 1.807) is 7.05 Å². The molecule has 2 rings (SSSR count). The van der Waals surface area contributed by atoms with Crippen LogP contribution in [0.3, 0.4) is 0 Å². The minimum Gasteiger partial charge on any atom is -0.480 e. The van der Waals surface area contributed by atoms with Crippen molar-refractivity contribution in [2.75, 3.05) is 5.32 Å². The van der Waals surface area contributed by atoms with Crippen LogP contribution in [0.25, 0.3) is 0 Å². The van der Waals surface area contributed by atoms with Crippen LogP contribution in [0.2, 0.25) is 0 Å². The first kappa shape index (κ1) is 11.7. The zero-order chi connectivity index (χ0) is 13.1. The van der Waals surface area contributed by atoms with Crippen molar-refractivity contribution in [2.45, 2.75) is 6.54 Å². The first-order valence-corrected chi connectivity index (χ1v) is 4.83. The number of aromatic nitrogens is 6. The molecule has 0 radical (unpaired) electrons. The molecule has 2 heterocycles. The van der Waals surface area contributed by atoms with Crippen LogP contribution in [0.4, 0.5) is 5.95 Å². The molecular weight excluding hydrogens is 242 g/mol. The van der Waals surface area contributed by atoms with Crippen LogP contribution in [0.1, 0.15) is 10.5 Å². The Bertz CT molecular complexity index is 587. The Balaban J connectivity index is 2.07. The Kier molecular flexibility index (Phi) is 3.00. The van der Waals surface area contributed by atoms with Crippen molar-refractivity contribution in [3.63, 3.8) is 0 Å². The monoisotopic (exact) mass is 251 g/mol. The van der Waals surface area contributed by atoms with E-state index in [0.717, 1.165) is 4.68 Å². The minimum atomic E-state index is -1.07. The summed E-state index contributed by atoms with van der Waals surface area (Å²) in [7, 11) is 1.61. The molecule has 0 atom stereocenters. The molecule has 0 bridgehead atoms. The second-order valence-corrected chi connectivity index (χ2v) is 3.36. The summed E-state index contributed by atoms with van der Waals surface area (Å²) in [6.07, 6.45) is 2.52. The maximum absolute atomic E-state index is 11.7. The lowest BCUT2D eigenvalue weighted by Crippen LogP contribution is -2.16. The van der Waals surface area contributed by atoms with Gasteiger partial charge in [-0.1, -0.05) is 5.21 Å². The zero-order valence-electron chi connectivity index (χ0n) is 9.31. The van der Waals surface area contributed by atoms with E-state index >= 15 is 0 Å². The van der Waals surface area contributed by atoms with E-state index in [-0.39, 0.29) is 18.2 Å². The molecule has 0 spiro atoms. The summed E-state index contributed by atoms with van der Waals surface area (Å²) in [6.45, 7) is -0.357. The highest BCUT2D eigenvalue weighted by Gasteiger charge is 2.14. The lowest BCUT2D eigenvalue weighted by atomic mass is 10.4. The second-order valence-electron chi connectivity index (χ2n) is 3.36. The second kappa shape index (κ2) is 4.61. The summed E-state index contributed by atoms with van der Waals surface area (Å²) in [5, 5.41) is 21.9. The summed E-state index contributed by atoms with van der Waals surface area (Å²) in [4.78, 5) is 26.0. The number of nitrogens with zero attached hydrogens (tertiary/aromatic N) is 6. The fraction of sp³-hybridized carbons (Fsp3) is 0.250. The Labute approximate surface area is 100 Å². The zero-order valence-corrected chi connectivity index (χ0v) is 9.31. The Morgan fingerprint density at radius 1 is 1.50 bits per heavy atom. The third-order valence-electron chi connectivity index (χ3n) is 2.01. The number of carboxylic acids is 1. The number of amides is 1. The van der Waals surface area contributed by atoms with Crippen LogP contribution in [-0.2, 0) is 18.4 Å². The molecule has 0 aliphatic rings. The molecule has 0 saturated carbocycles. The molecule has 0 aromatic carbocycles. The quantitative estimate of drug-likeness (QED) is 0.694. The number of rotatable bonds is 4. The van der Waals surface area contributed by atoms with Gasteiger partial charge in [0, 0.05) is 7.05 Å². The Morgan fingerprint density at radius 2 is 2.28 bits per heavy atom. The predicted octanol–water partition coefficient (Wildman–Crippen LogP) is -1.26. The maximum Gasteiger partial charge on any atom is 0.325 e. The third-order valence-corrected chi connectivity index (χ3v) is 2.01. The summed E-state index contributed by atoms with van der Waals surface area (Å²) in [6, 6.07) is 0. The Hall–Kier alpha value is -2.78. The van der Waals surface area contributed by atoms with Crippen LogP contribution < -0.4 is 5.32 Å². The molecule has 10 heteroatoms. The lowest BCUT2D eigenvalue weighted by Gasteiger charge is -1.99. The number of aryl methyl sites for hydroxylation is 1.